The number of carbonyl (C=O) groups excluding carboxylic acids is 2. The number of benzene rings is 2. The maximum Gasteiger partial charge on any atom is 0.335 e. The lowest BCUT2D eigenvalue weighted by atomic mass is 10.1. The van der Waals surface area contributed by atoms with Crippen molar-refractivity contribution in [2.24, 2.45) is 0 Å². The number of amides is 1. The molecule has 0 saturated carbocycles. The fraction of sp³-hybridized carbons (Fsp3) is 0.200. The van der Waals surface area contributed by atoms with Gasteiger partial charge in [0.2, 0.25) is 5.13 Å². The minimum atomic E-state index is -1.04. The first kappa shape index (κ1) is 19.5. The molecule has 0 fully saturated rings. The Balaban J connectivity index is 1.77. The number of hydrogen-bond donors (Lipinski definition) is 2. The SMILES string of the molecule is COC(=O)[C@H](NC(=O)c1ccc(C)cc1)c1nnc(Nc2ccc(C)cc2)s1. The molecule has 0 bridgehead atoms. The largest absolute Gasteiger partial charge is 0.467 e. The Morgan fingerprint density at radius 3 is 2.18 bits per heavy atom. The van der Waals surface area contributed by atoms with E-state index in [9.17, 15) is 9.59 Å². The van der Waals surface area contributed by atoms with Crippen LogP contribution in [0.1, 0.15) is 32.5 Å². The second kappa shape index (κ2) is 8.62. The number of ether oxygens (including phenoxy) is 1. The molecule has 2 N–H and O–H groups in total. The van der Waals surface area contributed by atoms with Crippen molar-refractivity contribution in [3.05, 3.63) is 70.2 Å². The lowest BCUT2D eigenvalue weighted by Gasteiger charge is -2.13. The van der Waals surface area contributed by atoms with E-state index >= 15 is 0 Å². The van der Waals surface area contributed by atoms with Crippen molar-refractivity contribution in [3.8, 4) is 0 Å². The van der Waals surface area contributed by atoms with Gasteiger partial charge in [0.05, 0.1) is 7.11 Å². The molecule has 3 rings (SSSR count). The van der Waals surface area contributed by atoms with E-state index < -0.39 is 17.9 Å². The Bertz CT molecular complexity index is 968. The fourth-order valence-corrected chi connectivity index (χ4v) is 3.22. The first-order chi connectivity index (χ1) is 13.5. The summed E-state index contributed by atoms with van der Waals surface area (Å²) in [6.45, 7) is 3.94. The van der Waals surface area contributed by atoms with E-state index in [1.165, 1.54) is 18.4 Å². The summed E-state index contributed by atoms with van der Waals surface area (Å²) < 4.78 is 4.83. The summed E-state index contributed by atoms with van der Waals surface area (Å²) in [7, 11) is 1.26. The molecule has 7 nitrogen and oxygen atoms in total. The molecule has 3 aromatic rings. The van der Waals surface area contributed by atoms with E-state index in [1.807, 2.05) is 50.2 Å². The van der Waals surface area contributed by atoms with Gasteiger partial charge in [-0.2, -0.15) is 0 Å². The van der Waals surface area contributed by atoms with Crippen LogP contribution < -0.4 is 10.6 Å². The Morgan fingerprint density at radius 2 is 1.57 bits per heavy atom. The van der Waals surface area contributed by atoms with Gasteiger partial charge in [0.25, 0.3) is 5.91 Å². The first-order valence-electron chi connectivity index (χ1n) is 8.58. The molecule has 0 radical (unpaired) electrons. The quantitative estimate of drug-likeness (QED) is 0.619. The topological polar surface area (TPSA) is 93.2 Å². The Morgan fingerprint density at radius 1 is 0.964 bits per heavy atom. The van der Waals surface area contributed by atoms with E-state index in [4.69, 9.17) is 4.74 Å². The summed E-state index contributed by atoms with van der Waals surface area (Å²) in [5.41, 5.74) is 3.48. The predicted octanol–water partition coefficient (Wildman–Crippen LogP) is 3.54. The number of anilines is 2. The van der Waals surface area contributed by atoms with Gasteiger partial charge < -0.3 is 15.4 Å². The molecule has 0 aliphatic rings. The molecule has 1 heterocycles. The third-order valence-corrected chi connectivity index (χ3v) is 4.92. The van der Waals surface area contributed by atoms with Crippen LogP contribution in [0.25, 0.3) is 0 Å². The van der Waals surface area contributed by atoms with Crippen LogP contribution in [0.4, 0.5) is 10.8 Å². The molecule has 0 unspecified atom stereocenters. The second-order valence-corrected chi connectivity index (χ2v) is 7.24. The van der Waals surface area contributed by atoms with Crippen LogP contribution in [-0.4, -0.2) is 29.2 Å². The lowest BCUT2D eigenvalue weighted by molar-refractivity contribution is -0.143. The van der Waals surface area contributed by atoms with Crippen molar-refractivity contribution in [2.75, 3.05) is 12.4 Å². The summed E-state index contributed by atoms with van der Waals surface area (Å²) in [5, 5.41) is 14.8. The Kier molecular flexibility index (Phi) is 6.00. The Labute approximate surface area is 166 Å². The van der Waals surface area contributed by atoms with Gasteiger partial charge in [-0.15, -0.1) is 10.2 Å². The zero-order valence-electron chi connectivity index (χ0n) is 15.7. The maximum atomic E-state index is 12.5. The number of rotatable bonds is 6. The lowest BCUT2D eigenvalue weighted by Crippen LogP contribution is -2.34. The Hall–Kier alpha value is -3.26. The first-order valence-corrected chi connectivity index (χ1v) is 9.40. The van der Waals surface area contributed by atoms with E-state index in [1.54, 1.807) is 12.1 Å². The number of esters is 1. The molecule has 0 aliphatic carbocycles. The van der Waals surface area contributed by atoms with Gasteiger partial charge in [-0.1, -0.05) is 46.7 Å². The number of aryl methyl sites for hydroxylation is 2. The van der Waals surface area contributed by atoms with E-state index in [-0.39, 0.29) is 0 Å². The summed E-state index contributed by atoms with van der Waals surface area (Å²) in [6.07, 6.45) is 0. The van der Waals surface area contributed by atoms with Gasteiger partial charge in [0.15, 0.2) is 11.0 Å². The van der Waals surface area contributed by atoms with Crippen LogP contribution >= 0.6 is 11.3 Å². The molecule has 28 heavy (non-hydrogen) atoms. The molecule has 0 spiro atoms. The summed E-state index contributed by atoms with van der Waals surface area (Å²) in [4.78, 5) is 24.7. The van der Waals surface area contributed by atoms with Crippen LogP contribution in [0.5, 0.6) is 0 Å². The van der Waals surface area contributed by atoms with Crippen molar-refractivity contribution in [1.82, 2.24) is 15.5 Å². The number of methoxy groups -OCH3 is 1. The number of hydrogen-bond acceptors (Lipinski definition) is 7. The van der Waals surface area contributed by atoms with Gasteiger partial charge in [-0.3, -0.25) is 4.79 Å². The van der Waals surface area contributed by atoms with Gasteiger partial charge in [0.1, 0.15) is 0 Å². The minimum absolute atomic E-state index is 0.335. The van der Waals surface area contributed by atoms with E-state index in [0.717, 1.165) is 16.8 Å². The smallest absolute Gasteiger partial charge is 0.335 e. The fourth-order valence-electron chi connectivity index (χ4n) is 2.42. The molecule has 0 aliphatic heterocycles. The average molecular weight is 396 g/mol. The normalized spacial score (nSPS) is 11.5. The average Bonchev–Trinajstić information content (AvgIpc) is 3.15. The van der Waals surface area contributed by atoms with Crippen molar-refractivity contribution in [1.29, 1.82) is 0 Å². The van der Waals surface area contributed by atoms with Gasteiger partial charge in [-0.25, -0.2) is 4.79 Å². The van der Waals surface area contributed by atoms with Crippen molar-refractivity contribution >= 4 is 34.0 Å². The molecule has 0 saturated heterocycles. The zero-order chi connectivity index (χ0) is 20.1. The van der Waals surface area contributed by atoms with Crippen LogP contribution in [0, 0.1) is 13.8 Å². The third kappa shape index (κ3) is 4.72. The third-order valence-electron chi connectivity index (χ3n) is 4.02. The molecule has 144 valence electrons. The van der Waals surface area contributed by atoms with Gasteiger partial charge in [0, 0.05) is 11.3 Å². The van der Waals surface area contributed by atoms with Gasteiger partial charge in [-0.05, 0) is 38.1 Å². The molecule has 1 amide bonds. The van der Waals surface area contributed by atoms with Crippen LogP contribution in [0.15, 0.2) is 48.5 Å². The number of nitrogens with zero attached hydrogens (tertiary/aromatic N) is 2. The van der Waals surface area contributed by atoms with E-state index in [2.05, 4.69) is 20.8 Å². The monoisotopic (exact) mass is 396 g/mol. The second-order valence-electron chi connectivity index (χ2n) is 6.23. The number of carbonyl (C=O) groups is 2. The van der Waals surface area contributed by atoms with Crippen molar-refractivity contribution in [3.63, 3.8) is 0 Å². The van der Waals surface area contributed by atoms with Crippen LogP contribution in [0.3, 0.4) is 0 Å². The highest BCUT2D eigenvalue weighted by Crippen LogP contribution is 2.26. The predicted molar refractivity (Wildman–Crippen MR) is 108 cm³/mol. The standard InChI is InChI=1S/C20H20N4O3S/c1-12-4-8-14(9-5-12)17(25)22-16(19(26)27-3)18-23-24-20(28-18)21-15-10-6-13(2)7-11-15/h4-11,16H,1-3H3,(H,21,24)(H,22,25)/t16-/m1/s1. The van der Waals surface area contributed by atoms with Crippen LogP contribution in [0.2, 0.25) is 0 Å². The van der Waals surface area contributed by atoms with E-state index in [0.29, 0.717) is 15.7 Å². The molecule has 1 atom stereocenters. The zero-order valence-corrected chi connectivity index (χ0v) is 16.5. The highest BCUT2D eigenvalue weighted by atomic mass is 32.1. The summed E-state index contributed by atoms with van der Waals surface area (Å²) in [5.74, 6) is -1.00. The molecule has 8 heteroatoms. The van der Waals surface area contributed by atoms with Gasteiger partial charge >= 0.3 is 5.97 Å². The van der Waals surface area contributed by atoms with Crippen molar-refractivity contribution in [2.45, 2.75) is 19.9 Å². The molecular formula is C20H20N4O3S. The highest BCUT2D eigenvalue weighted by molar-refractivity contribution is 7.15. The highest BCUT2D eigenvalue weighted by Gasteiger charge is 2.28. The van der Waals surface area contributed by atoms with Crippen LogP contribution in [-0.2, 0) is 9.53 Å². The molecule has 1 aromatic heterocycles. The summed E-state index contributed by atoms with van der Waals surface area (Å²) >= 11 is 1.17. The summed E-state index contributed by atoms with van der Waals surface area (Å²) in [6, 6.07) is 13.8. The number of nitrogens with one attached hydrogen (secondary N) is 2. The van der Waals surface area contributed by atoms with Crippen molar-refractivity contribution < 1.29 is 14.3 Å². The molecule has 2 aromatic carbocycles. The number of aromatic nitrogens is 2. The molecular weight excluding hydrogens is 376 g/mol. The maximum absolute atomic E-state index is 12.5. The minimum Gasteiger partial charge on any atom is -0.467 e.